The highest BCUT2D eigenvalue weighted by Gasteiger charge is 2.21. The molecule has 110 valence electrons. The zero-order valence-corrected chi connectivity index (χ0v) is 11.4. The quantitative estimate of drug-likeness (QED) is 0.797. The molecule has 0 bridgehead atoms. The number of nitrogens with two attached hydrogens (primary N) is 1. The van der Waals surface area contributed by atoms with Gasteiger partial charge in [-0.05, 0) is 12.5 Å². The molecule has 5 nitrogen and oxygen atoms in total. The summed E-state index contributed by atoms with van der Waals surface area (Å²) < 4.78 is 26.2. The number of nitrogens with zero attached hydrogens (tertiary/aromatic N) is 1. The summed E-state index contributed by atoms with van der Waals surface area (Å²) >= 11 is 0. The third-order valence-corrected chi connectivity index (χ3v) is 2.72. The molecule has 1 aromatic rings. The van der Waals surface area contributed by atoms with Crippen molar-refractivity contribution in [1.29, 1.82) is 0 Å². The summed E-state index contributed by atoms with van der Waals surface area (Å²) in [7, 11) is 1.45. The normalized spacial score (nSPS) is 10.2. The molecule has 0 saturated heterocycles. The second-order valence-electron chi connectivity index (χ2n) is 4.25. The Morgan fingerprint density at radius 2 is 1.90 bits per heavy atom. The minimum atomic E-state index is -1.15. The van der Waals surface area contributed by atoms with Crippen molar-refractivity contribution in [3.8, 4) is 0 Å². The van der Waals surface area contributed by atoms with Gasteiger partial charge in [0.05, 0.1) is 12.1 Å². The van der Waals surface area contributed by atoms with E-state index in [1.807, 2.05) is 6.92 Å². The van der Waals surface area contributed by atoms with Crippen LogP contribution < -0.4 is 11.1 Å². The minimum Gasteiger partial charge on any atom is -0.398 e. The Labute approximate surface area is 115 Å². The number of carbonyl (C=O) groups is 2. The van der Waals surface area contributed by atoms with E-state index in [2.05, 4.69) is 5.32 Å². The van der Waals surface area contributed by atoms with Crippen LogP contribution in [0.15, 0.2) is 12.1 Å². The number of carbonyl (C=O) groups excluding carboxylic acids is 2. The van der Waals surface area contributed by atoms with Crippen molar-refractivity contribution in [3.05, 3.63) is 29.3 Å². The van der Waals surface area contributed by atoms with E-state index in [9.17, 15) is 18.4 Å². The summed E-state index contributed by atoms with van der Waals surface area (Å²) in [5.41, 5.74) is 5.22. The number of anilines is 1. The Bertz CT molecular complexity index is 521. The van der Waals surface area contributed by atoms with Crippen molar-refractivity contribution in [2.45, 2.75) is 13.3 Å². The molecule has 0 aliphatic heterocycles. The first kappa shape index (κ1) is 15.9. The van der Waals surface area contributed by atoms with E-state index in [0.29, 0.717) is 13.0 Å². The Morgan fingerprint density at radius 3 is 2.45 bits per heavy atom. The standard InChI is InChI=1S/C13H17F2N3O2/c1-3-4-18(7-12(19)17-2)13(20)8-5-9(14)10(15)6-11(8)16/h5-6H,3-4,7,16H2,1-2H3,(H,17,19). The fraction of sp³-hybridized carbons (Fsp3) is 0.385. The third kappa shape index (κ3) is 3.66. The second-order valence-corrected chi connectivity index (χ2v) is 4.25. The largest absolute Gasteiger partial charge is 0.398 e. The fourth-order valence-electron chi connectivity index (χ4n) is 1.69. The average Bonchev–Trinajstić information content (AvgIpc) is 2.41. The highest BCUT2D eigenvalue weighted by atomic mass is 19.2. The van der Waals surface area contributed by atoms with E-state index >= 15 is 0 Å². The molecule has 0 fully saturated rings. The van der Waals surface area contributed by atoms with Gasteiger partial charge in [-0.2, -0.15) is 0 Å². The highest BCUT2D eigenvalue weighted by Crippen LogP contribution is 2.19. The molecule has 1 rings (SSSR count). The van der Waals surface area contributed by atoms with Gasteiger partial charge in [-0.1, -0.05) is 6.92 Å². The topological polar surface area (TPSA) is 75.4 Å². The lowest BCUT2D eigenvalue weighted by Gasteiger charge is -2.22. The monoisotopic (exact) mass is 285 g/mol. The first-order valence-electron chi connectivity index (χ1n) is 6.15. The molecule has 0 atom stereocenters. The molecule has 0 spiro atoms. The Kier molecular flexibility index (Phi) is 5.42. The van der Waals surface area contributed by atoms with Gasteiger partial charge in [0.25, 0.3) is 5.91 Å². The van der Waals surface area contributed by atoms with Gasteiger partial charge in [0.15, 0.2) is 11.6 Å². The van der Waals surface area contributed by atoms with Crippen LogP contribution in [0.1, 0.15) is 23.7 Å². The molecule has 1 aromatic carbocycles. The number of halogens is 2. The van der Waals surface area contributed by atoms with E-state index in [1.165, 1.54) is 11.9 Å². The van der Waals surface area contributed by atoms with Crippen LogP contribution in [0.3, 0.4) is 0 Å². The first-order chi connectivity index (χ1) is 9.40. The van der Waals surface area contributed by atoms with Gasteiger partial charge in [0, 0.05) is 25.3 Å². The Hall–Kier alpha value is -2.18. The van der Waals surface area contributed by atoms with Gasteiger partial charge in [0.1, 0.15) is 0 Å². The van der Waals surface area contributed by atoms with E-state index in [-0.39, 0.29) is 23.7 Å². The molecule has 0 radical (unpaired) electrons. The number of nitrogen functional groups attached to an aromatic ring is 1. The summed E-state index contributed by atoms with van der Waals surface area (Å²) in [5, 5.41) is 2.40. The summed E-state index contributed by atoms with van der Waals surface area (Å²) in [5.74, 6) is -3.23. The Balaban J connectivity index is 3.05. The van der Waals surface area contributed by atoms with Crippen molar-refractivity contribution in [2.75, 3.05) is 25.9 Å². The lowest BCUT2D eigenvalue weighted by molar-refractivity contribution is -0.121. The number of benzene rings is 1. The van der Waals surface area contributed by atoms with Crippen LogP contribution in [0.25, 0.3) is 0 Å². The van der Waals surface area contributed by atoms with E-state index in [4.69, 9.17) is 5.73 Å². The van der Waals surface area contributed by atoms with E-state index in [1.54, 1.807) is 0 Å². The molecular weight excluding hydrogens is 268 g/mol. The fourth-order valence-corrected chi connectivity index (χ4v) is 1.69. The number of amides is 2. The van der Waals surface area contributed by atoms with Crippen molar-refractivity contribution in [3.63, 3.8) is 0 Å². The molecule has 0 aromatic heterocycles. The highest BCUT2D eigenvalue weighted by molar-refractivity contribution is 6.00. The lowest BCUT2D eigenvalue weighted by atomic mass is 10.1. The van der Waals surface area contributed by atoms with Gasteiger partial charge in [-0.25, -0.2) is 8.78 Å². The van der Waals surface area contributed by atoms with Gasteiger partial charge in [-0.15, -0.1) is 0 Å². The zero-order valence-electron chi connectivity index (χ0n) is 11.4. The van der Waals surface area contributed by atoms with Crippen molar-refractivity contribution < 1.29 is 18.4 Å². The lowest BCUT2D eigenvalue weighted by Crippen LogP contribution is -2.40. The maximum absolute atomic E-state index is 13.2. The van der Waals surface area contributed by atoms with E-state index < -0.39 is 17.5 Å². The van der Waals surface area contributed by atoms with Crippen LogP contribution >= 0.6 is 0 Å². The molecular formula is C13H17F2N3O2. The number of hydrogen-bond acceptors (Lipinski definition) is 3. The minimum absolute atomic E-state index is 0.152. The maximum Gasteiger partial charge on any atom is 0.256 e. The molecule has 20 heavy (non-hydrogen) atoms. The van der Waals surface area contributed by atoms with Crippen LogP contribution in [0.2, 0.25) is 0 Å². The SMILES string of the molecule is CCCN(CC(=O)NC)C(=O)c1cc(F)c(F)cc1N. The second kappa shape index (κ2) is 6.83. The summed E-state index contributed by atoms with van der Waals surface area (Å²) in [6.07, 6.45) is 0.617. The molecule has 0 aliphatic rings. The van der Waals surface area contributed by atoms with Crippen molar-refractivity contribution in [2.24, 2.45) is 0 Å². The summed E-state index contributed by atoms with van der Waals surface area (Å²) in [4.78, 5) is 24.9. The smallest absolute Gasteiger partial charge is 0.256 e. The van der Waals surface area contributed by atoms with E-state index in [0.717, 1.165) is 12.1 Å². The summed E-state index contributed by atoms with van der Waals surface area (Å²) in [6, 6.07) is 1.51. The number of hydrogen-bond donors (Lipinski definition) is 2. The molecule has 7 heteroatoms. The molecule has 2 amide bonds. The average molecular weight is 285 g/mol. The molecule has 3 N–H and O–H groups in total. The zero-order chi connectivity index (χ0) is 15.3. The number of nitrogens with one attached hydrogen (secondary N) is 1. The van der Waals surface area contributed by atoms with Crippen LogP contribution in [0, 0.1) is 11.6 Å². The summed E-state index contributed by atoms with van der Waals surface area (Å²) in [6.45, 7) is 1.98. The molecule has 0 saturated carbocycles. The molecule has 0 unspecified atom stereocenters. The van der Waals surface area contributed by atoms with Gasteiger partial charge < -0.3 is 16.0 Å². The van der Waals surface area contributed by atoms with Crippen molar-refractivity contribution >= 4 is 17.5 Å². The number of rotatable bonds is 5. The predicted molar refractivity (Wildman–Crippen MR) is 71.0 cm³/mol. The first-order valence-corrected chi connectivity index (χ1v) is 6.15. The van der Waals surface area contributed by atoms with Crippen LogP contribution in [0.4, 0.5) is 14.5 Å². The van der Waals surface area contributed by atoms with Gasteiger partial charge in [-0.3, -0.25) is 9.59 Å². The predicted octanol–water partition coefficient (Wildman–Crippen LogP) is 1.15. The number of likely N-dealkylation sites (N-methyl/N-ethyl adjacent to an activating group) is 1. The maximum atomic E-state index is 13.2. The molecule has 0 heterocycles. The van der Waals surface area contributed by atoms with Gasteiger partial charge >= 0.3 is 0 Å². The molecule has 0 aliphatic carbocycles. The third-order valence-electron chi connectivity index (χ3n) is 2.72. The van der Waals surface area contributed by atoms with Crippen molar-refractivity contribution in [1.82, 2.24) is 10.2 Å². The van der Waals surface area contributed by atoms with Gasteiger partial charge in [0.2, 0.25) is 5.91 Å². The van der Waals surface area contributed by atoms with Crippen LogP contribution in [0.5, 0.6) is 0 Å². The van der Waals surface area contributed by atoms with Crippen LogP contribution in [-0.4, -0.2) is 36.9 Å². The Morgan fingerprint density at radius 1 is 1.30 bits per heavy atom. The van der Waals surface area contributed by atoms with Crippen LogP contribution in [-0.2, 0) is 4.79 Å².